The van der Waals surface area contributed by atoms with Gasteiger partial charge in [0, 0.05) is 39.4 Å². The van der Waals surface area contributed by atoms with Crippen molar-refractivity contribution in [3.63, 3.8) is 0 Å². The van der Waals surface area contributed by atoms with Crippen molar-refractivity contribution < 1.29 is 14.2 Å². The molecule has 25 heavy (non-hydrogen) atoms. The zero-order valence-corrected chi connectivity index (χ0v) is 17.3. The molecule has 1 aromatic heterocycles. The Kier molecular flexibility index (Phi) is 11.5. The number of pyridine rings is 1. The first-order valence-corrected chi connectivity index (χ1v) is 8.38. The summed E-state index contributed by atoms with van der Waals surface area (Å²) >= 11 is 0. The highest BCUT2D eigenvalue weighted by Crippen LogP contribution is 2.16. The van der Waals surface area contributed by atoms with E-state index >= 15 is 0 Å². The van der Waals surface area contributed by atoms with E-state index in [1.54, 1.807) is 19.5 Å². The first-order valence-electron chi connectivity index (χ1n) is 8.38. The number of methoxy groups -OCH3 is 1. The molecule has 1 saturated heterocycles. The Labute approximate surface area is 167 Å². The average molecular weight is 464 g/mol. The topological polar surface area (TPSA) is 68.2 Å². The highest BCUT2D eigenvalue weighted by molar-refractivity contribution is 14.0. The van der Waals surface area contributed by atoms with Gasteiger partial charge in [-0.25, -0.2) is 0 Å². The molecule has 1 aromatic rings. The van der Waals surface area contributed by atoms with E-state index in [2.05, 4.69) is 20.2 Å². The number of nitrogens with zero attached hydrogens (tertiary/aromatic N) is 3. The molecule has 0 aliphatic carbocycles. The predicted octanol–water partition coefficient (Wildman–Crippen LogP) is 1.64. The number of ether oxygens (including phenoxy) is 3. The van der Waals surface area contributed by atoms with Gasteiger partial charge in [0.15, 0.2) is 5.96 Å². The SMILES string of the molecule is CN=C(NCCOc1cccnc1)N1CCC(COCCOC)C1.I. The number of nitrogens with one attached hydrogen (secondary N) is 1. The van der Waals surface area contributed by atoms with Gasteiger partial charge < -0.3 is 24.4 Å². The Hall–Kier alpha value is -1.13. The molecule has 2 heterocycles. The van der Waals surface area contributed by atoms with Gasteiger partial charge in [-0.3, -0.25) is 9.98 Å². The van der Waals surface area contributed by atoms with Gasteiger partial charge in [0.1, 0.15) is 12.4 Å². The maximum atomic E-state index is 5.63. The Bertz CT molecular complexity index is 490. The van der Waals surface area contributed by atoms with Crippen LogP contribution in [0.5, 0.6) is 5.75 Å². The van der Waals surface area contributed by atoms with Gasteiger partial charge in [0.05, 0.1) is 32.6 Å². The van der Waals surface area contributed by atoms with Gasteiger partial charge in [-0.15, -0.1) is 24.0 Å². The monoisotopic (exact) mass is 464 g/mol. The van der Waals surface area contributed by atoms with Crippen LogP contribution in [-0.4, -0.2) is 76.1 Å². The molecule has 1 aliphatic heterocycles. The van der Waals surface area contributed by atoms with Crippen LogP contribution >= 0.6 is 24.0 Å². The highest BCUT2D eigenvalue weighted by atomic mass is 127. The van der Waals surface area contributed by atoms with Crippen LogP contribution in [0.4, 0.5) is 0 Å². The molecule has 0 bridgehead atoms. The van der Waals surface area contributed by atoms with Gasteiger partial charge in [0.25, 0.3) is 0 Å². The molecule has 1 atom stereocenters. The summed E-state index contributed by atoms with van der Waals surface area (Å²) in [4.78, 5) is 10.7. The van der Waals surface area contributed by atoms with Gasteiger partial charge in [-0.1, -0.05) is 0 Å². The van der Waals surface area contributed by atoms with E-state index in [9.17, 15) is 0 Å². The van der Waals surface area contributed by atoms with E-state index < -0.39 is 0 Å². The second-order valence-electron chi connectivity index (χ2n) is 5.68. The van der Waals surface area contributed by atoms with Crippen LogP contribution < -0.4 is 10.1 Å². The molecule has 0 radical (unpaired) electrons. The lowest BCUT2D eigenvalue weighted by Gasteiger charge is -2.21. The summed E-state index contributed by atoms with van der Waals surface area (Å²) in [5.41, 5.74) is 0. The van der Waals surface area contributed by atoms with E-state index in [1.807, 2.05) is 19.2 Å². The molecule has 0 aromatic carbocycles. The van der Waals surface area contributed by atoms with Crippen molar-refractivity contribution >= 4 is 29.9 Å². The van der Waals surface area contributed by atoms with Crippen molar-refractivity contribution in [3.05, 3.63) is 24.5 Å². The summed E-state index contributed by atoms with van der Waals surface area (Å²) in [6.07, 6.45) is 4.57. The summed E-state index contributed by atoms with van der Waals surface area (Å²) in [5.74, 6) is 2.25. The summed E-state index contributed by atoms with van der Waals surface area (Å²) in [7, 11) is 3.50. The number of hydrogen-bond donors (Lipinski definition) is 1. The van der Waals surface area contributed by atoms with Gasteiger partial charge in [-0.2, -0.15) is 0 Å². The van der Waals surface area contributed by atoms with Gasteiger partial charge >= 0.3 is 0 Å². The number of halogens is 1. The standard InChI is InChI=1S/C17H28N4O3.HI/c1-18-17(20-7-9-24-16-4-3-6-19-12-16)21-8-5-15(13-21)14-23-11-10-22-2;/h3-4,6,12,15H,5,7-11,13-14H2,1-2H3,(H,18,20);1H. The minimum absolute atomic E-state index is 0. The Morgan fingerprint density at radius 2 is 2.28 bits per heavy atom. The number of aromatic nitrogens is 1. The third-order valence-electron chi connectivity index (χ3n) is 3.87. The molecule has 0 spiro atoms. The average Bonchev–Trinajstić information content (AvgIpc) is 3.08. The molecule has 142 valence electrons. The van der Waals surface area contributed by atoms with Crippen molar-refractivity contribution in [2.45, 2.75) is 6.42 Å². The van der Waals surface area contributed by atoms with Gasteiger partial charge in [0.2, 0.25) is 0 Å². The molecule has 7 nitrogen and oxygen atoms in total. The fourth-order valence-electron chi connectivity index (χ4n) is 2.65. The largest absolute Gasteiger partial charge is 0.490 e. The second kappa shape index (κ2) is 13.1. The van der Waals surface area contributed by atoms with Crippen molar-refractivity contribution in [2.24, 2.45) is 10.9 Å². The highest BCUT2D eigenvalue weighted by Gasteiger charge is 2.24. The van der Waals surface area contributed by atoms with Crippen molar-refractivity contribution in [2.75, 3.05) is 60.2 Å². The van der Waals surface area contributed by atoms with Crippen molar-refractivity contribution in [1.82, 2.24) is 15.2 Å². The summed E-state index contributed by atoms with van der Waals surface area (Å²) in [5, 5.41) is 3.35. The van der Waals surface area contributed by atoms with E-state index in [1.165, 1.54) is 0 Å². The molecule has 8 heteroatoms. The summed E-state index contributed by atoms with van der Waals surface area (Å²) < 4.78 is 16.2. The van der Waals surface area contributed by atoms with Crippen LogP contribution in [-0.2, 0) is 9.47 Å². The lowest BCUT2D eigenvalue weighted by Crippen LogP contribution is -2.41. The van der Waals surface area contributed by atoms with Gasteiger partial charge in [-0.05, 0) is 18.6 Å². The number of guanidine groups is 1. The number of hydrogen-bond acceptors (Lipinski definition) is 5. The Morgan fingerprint density at radius 3 is 3.00 bits per heavy atom. The first-order chi connectivity index (χ1) is 11.8. The third-order valence-corrected chi connectivity index (χ3v) is 3.87. The minimum Gasteiger partial charge on any atom is -0.490 e. The number of aliphatic imine (C=N–C) groups is 1. The smallest absolute Gasteiger partial charge is 0.193 e. The Balaban J connectivity index is 0.00000312. The van der Waals surface area contributed by atoms with Crippen LogP contribution in [0.3, 0.4) is 0 Å². The minimum atomic E-state index is 0. The zero-order chi connectivity index (χ0) is 17.0. The first kappa shape index (κ1) is 21.9. The Morgan fingerprint density at radius 1 is 1.40 bits per heavy atom. The van der Waals surface area contributed by atoms with Crippen LogP contribution in [0.25, 0.3) is 0 Å². The van der Waals surface area contributed by atoms with Crippen molar-refractivity contribution in [1.29, 1.82) is 0 Å². The van der Waals surface area contributed by atoms with E-state index in [0.717, 1.165) is 37.8 Å². The number of likely N-dealkylation sites (tertiary alicyclic amines) is 1. The van der Waals surface area contributed by atoms with E-state index in [-0.39, 0.29) is 24.0 Å². The predicted molar refractivity (Wildman–Crippen MR) is 109 cm³/mol. The van der Waals surface area contributed by atoms with E-state index in [4.69, 9.17) is 14.2 Å². The summed E-state index contributed by atoms with van der Waals surface area (Å²) in [6.45, 7) is 5.33. The fraction of sp³-hybridized carbons (Fsp3) is 0.647. The lowest BCUT2D eigenvalue weighted by molar-refractivity contribution is 0.0536. The maximum Gasteiger partial charge on any atom is 0.193 e. The molecular formula is C17H29IN4O3. The van der Waals surface area contributed by atoms with Crippen LogP contribution in [0.1, 0.15) is 6.42 Å². The molecule has 0 saturated carbocycles. The molecule has 1 N–H and O–H groups in total. The number of rotatable bonds is 9. The maximum absolute atomic E-state index is 5.63. The lowest BCUT2D eigenvalue weighted by atomic mass is 10.1. The normalized spacial score (nSPS) is 17.3. The molecule has 0 amide bonds. The quantitative estimate of drug-likeness (QED) is 0.260. The molecule has 2 rings (SSSR count). The third kappa shape index (κ3) is 8.19. The molecular weight excluding hydrogens is 435 g/mol. The summed E-state index contributed by atoms with van der Waals surface area (Å²) in [6, 6.07) is 3.76. The van der Waals surface area contributed by atoms with Crippen molar-refractivity contribution in [3.8, 4) is 5.75 Å². The van der Waals surface area contributed by atoms with E-state index in [0.29, 0.717) is 32.3 Å². The molecule has 1 unspecified atom stereocenters. The fourth-order valence-corrected chi connectivity index (χ4v) is 2.65. The zero-order valence-electron chi connectivity index (χ0n) is 15.0. The molecule has 1 fully saturated rings. The second-order valence-corrected chi connectivity index (χ2v) is 5.68. The van der Waals surface area contributed by atoms with Crippen LogP contribution in [0.2, 0.25) is 0 Å². The van der Waals surface area contributed by atoms with Crippen LogP contribution in [0.15, 0.2) is 29.5 Å². The molecule has 1 aliphatic rings. The van der Waals surface area contributed by atoms with Crippen LogP contribution in [0, 0.1) is 5.92 Å².